The van der Waals surface area contributed by atoms with Gasteiger partial charge in [-0.15, -0.1) is 16.9 Å². The van der Waals surface area contributed by atoms with Crippen LogP contribution in [0.4, 0.5) is 0 Å². The highest BCUT2D eigenvalue weighted by atomic mass is 32.2. The van der Waals surface area contributed by atoms with Crippen molar-refractivity contribution in [3.05, 3.63) is 0 Å². The molecule has 2 aromatic rings. The van der Waals surface area contributed by atoms with E-state index in [9.17, 15) is 14.4 Å². The van der Waals surface area contributed by atoms with Crippen molar-refractivity contribution in [2.45, 2.75) is 95.0 Å². The number of aromatic nitrogens is 5. The van der Waals surface area contributed by atoms with Crippen LogP contribution in [-0.2, 0) is 33.3 Å². The summed E-state index contributed by atoms with van der Waals surface area (Å²) in [6.45, 7) is 8.64. The van der Waals surface area contributed by atoms with E-state index in [0.29, 0.717) is 21.3 Å². The summed E-state index contributed by atoms with van der Waals surface area (Å²) in [6, 6.07) is 0. The molecule has 4 atom stereocenters. The van der Waals surface area contributed by atoms with Crippen molar-refractivity contribution in [1.29, 1.82) is 0 Å². The Morgan fingerprint density at radius 2 is 1.65 bits per heavy atom. The number of carbonyl (C=O) groups is 3. The number of carbonyl (C=O) groups excluding carboxylic acids is 3. The number of rotatable bonds is 13. The van der Waals surface area contributed by atoms with Crippen LogP contribution in [0.5, 0.6) is 0 Å². The van der Waals surface area contributed by atoms with Gasteiger partial charge in [0.05, 0.1) is 6.61 Å². The molecule has 3 rings (SSSR count). The maximum Gasteiger partial charge on any atom is 0.305 e. The van der Waals surface area contributed by atoms with Gasteiger partial charge >= 0.3 is 17.9 Å². The van der Waals surface area contributed by atoms with Gasteiger partial charge in [-0.2, -0.15) is 4.68 Å². The summed E-state index contributed by atoms with van der Waals surface area (Å²) in [5, 5.41) is 9.89. The van der Waals surface area contributed by atoms with E-state index in [1.807, 2.05) is 0 Å². The smallest absolute Gasteiger partial charge is 0.305 e. The fourth-order valence-corrected chi connectivity index (χ4v) is 5.37. The van der Waals surface area contributed by atoms with E-state index in [1.165, 1.54) is 30.3 Å². The molecule has 0 aromatic carbocycles. The zero-order valence-electron chi connectivity index (χ0n) is 21.7. The second-order valence-electron chi connectivity index (χ2n) is 8.27. The van der Waals surface area contributed by atoms with E-state index in [0.717, 1.165) is 24.3 Å². The van der Waals surface area contributed by atoms with Crippen LogP contribution in [0, 0.1) is 0 Å². The number of ether oxygens (including phenoxy) is 4. The second kappa shape index (κ2) is 13.9. The zero-order valence-corrected chi connectivity index (χ0v) is 23.3. The molecule has 1 aliphatic heterocycles. The number of thioether (sulfide) groups is 2. The van der Waals surface area contributed by atoms with Crippen LogP contribution in [0.15, 0.2) is 10.2 Å². The van der Waals surface area contributed by atoms with Gasteiger partial charge < -0.3 is 18.9 Å². The number of hydrogen-bond donors (Lipinski definition) is 0. The lowest BCUT2D eigenvalue weighted by molar-refractivity contribution is -0.165. The zero-order chi connectivity index (χ0) is 26.9. The van der Waals surface area contributed by atoms with Gasteiger partial charge in [0.15, 0.2) is 34.8 Å². The van der Waals surface area contributed by atoms with E-state index >= 15 is 0 Å². The van der Waals surface area contributed by atoms with Gasteiger partial charge in [0.25, 0.3) is 0 Å². The van der Waals surface area contributed by atoms with Crippen molar-refractivity contribution < 1.29 is 33.3 Å². The molecule has 14 heteroatoms. The van der Waals surface area contributed by atoms with Gasteiger partial charge in [-0.25, -0.2) is 9.97 Å². The summed E-state index contributed by atoms with van der Waals surface area (Å²) in [6.07, 6.45) is -1.63. The van der Waals surface area contributed by atoms with Crippen LogP contribution < -0.4 is 0 Å². The summed E-state index contributed by atoms with van der Waals surface area (Å²) < 4.78 is 23.8. The standard InChI is InChI=1S/C23H33N5O7S2/c1-6-11-36-21-17-20(24-23(25-21)37-12-7-2)28(27-26-17)22-19(34-14(5)30)18(33-13(4)29)15(35-22)9-10-16(31)32-8-3/h15,18-19,22H,6-12H2,1-5H3/t15-,18-,19-,22-/m1/s1. The topological polar surface area (TPSA) is 145 Å². The van der Waals surface area contributed by atoms with Crippen molar-refractivity contribution >= 4 is 52.6 Å². The largest absolute Gasteiger partial charge is 0.466 e. The average molecular weight is 556 g/mol. The maximum absolute atomic E-state index is 12.0. The predicted octanol–water partition coefficient (Wildman–Crippen LogP) is 3.33. The molecule has 1 saturated heterocycles. The average Bonchev–Trinajstić information content (AvgIpc) is 3.41. The Morgan fingerprint density at radius 3 is 2.30 bits per heavy atom. The summed E-state index contributed by atoms with van der Waals surface area (Å²) in [7, 11) is 0. The monoisotopic (exact) mass is 555 g/mol. The highest BCUT2D eigenvalue weighted by Gasteiger charge is 2.51. The summed E-state index contributed by atoms with van der Waals surface area (Å²) in [5.41, 5.74) is 0.922. The van der Waals surface area contributed by atoms with E-state index in [2.05, 4.69) is 34.1 Å². The number of fused-ring (bicyclic) bond motifs is 1. The van der Waals surface area contributed by atoms with E-state index in [-0.39, 0.29) is 19.4 Å². The molecule has 0 aliphatic carbocycles. The minimum Gasteiger partial charge on any atom is -0.466 e. The Hall–Kier alpha value is -2.45. The molecule has 3 heterocycles. The molecular weight excluding hydrogens is 522 g/mol. The third kappa shape index (κ3) is 7.54. The molecule has 0 N–H and O–H groups in total. The van der Waals surface area contributed by atoms with Gasteiger partial charge in [0.1, 0.15) is 11.1 Å². The highest BCUT2D eigenvalue weighted by molar-refractivity contribution is 7.99. The van der Waals surface area contributed by atoms with Crippen LogP contribution >= 0.6 is 23.5 Å². The molecule has 0 spiro atoms. The number of hydrogen-bond acceptors (Lipinski definition) is 13. The Balaban J connectivity index is 2.03. The second-order valence-corrected chi connectivity index (χ2v) is 10.4. The normalized spacial score (nSPS) is 21.2. The van der Waals surface area contributed by atoms with Crippen LogP contribution in [-0.4, -0.2) is 79.3 Å². The SMILES string of the molecule is CCCSc1nc(SCCC)c2nnn([C@@H]3O[C@H](CCC(=O)OCC)[C@@H](OC(C)=O)[C@H]3OC(C)=O)c2n1. The quantitative estimate of drug-likeness (QED) is 0.117. The van der Waals surface area contributed by atoms with Gasteiger partial charge in [0, 0.05) is 26.0 Å². The van der Waals surface area contributed by atoms with Crippen molar-refractivity contribution in [2.24, 2.45) is 0 Å². The third-order valence-electron chi connectivity index (χ3n) is 5.22. The summed E-state index contributed by atoms with van der Waals surface area (Å²) in [5.74, 6) is 0.117. The van der Waals surface area contributed by atoms with Crippen LogP contribution in [0.3, 0.4) is 0 Å². The van der Waals surface area contributed by atoms with E-state index in [4.69, 9.17) is 18.9 Å². The molecule has 0 saturated carbocycles. The first kappa shape index (κ1) is 29.1. The lowest BCUT2D eigenvalue weighted by Gasteiger charge is -2.23. The molecule has 0 bridgehead atoms. The highest BCUT2D eigenvalue weighted by Crippen LogP contribution is 2.38. The summed E-state index contributed by atoms with van der Waals surface area (Å²) >= 11 is 3.09. The van der Waals surface area contributed by atoms with Crippen molar-refractivity contribution in [3.63, 3.8) is 0 Å². The van der Waals surface area contributed by atoms with E-state index < -0.39 is 42.4 Å². The molecule has 1 fully saturated rings. The first-order valence-corrected chi connectivity index (χ1v) is 14.3. The molecule has 204 valence electrons. The predicted molar refractivity (Wildman–Crippen MR) is 136 cm³/mol. The Bertz CT molecular complexity index is 1100. The van der Waals surface area contributed by atoms with Gasteiger partial charge in [-0.05, 0) is 31.9 Å². The van der Waals surface area contributed by atoms with Crippen LogP contribution in [0.25, 0.3) is 11.2 Å². The number of nitrogens with zero attached hydrogens (tertiary/aromatic N) is 5. The number of esters is 3. The van der Waals surface area contributed by atoms with Crippen LogP contribution in [0.1, 0.15) is 66.5 Å². The molecule has 0 radical (unpaired) electrons. The van der Waals surface area contributed by atoms with Gasteiger partial charge in [0.2, 0.25) is 0 Å². The van der Waals surface area contributed by atoms with Gasteiger partial charge in [-0.3, -0.25) is 14.4 Å². The molecule has 0 amide bonds. The minimum atomic E-state index is -1.04. The van der Waals surface area contributed by atoms with Gasteiger partial charge in [-0.1, -0.05) is 30.8 Å². The minimum absolute atomic E-state index is 0.0334. The summed E-state index contributed by atoms with van der Waals surface area (Å²) in [4.78, 5) is 45.3. The third-order valence-corrected chi connectivity index (χ3v) is 7.44. The fraction of sp³-hybridized carbons (Fsp3) is 0.696. The molecule has 2 aromatic heterocycles. The molecule has 1 aliphatic rings. The first-order chi connectivity index (χ1) is 17.8. The van der Waals surface area contributed by atoms with Crippen LogP contribution in [0.2, 0.25) is 0 Å². The lowest BCUT2D eigenvalue weighted by atomic mass is 10.1. The van der Waals surface area contributed by atoms with Crippen molar-refractivity contribution in [3.8, 4) is 0 Å². The molecule has 37 heavy (non-hydrogen) atoms. The van der Waals surface area contributed by atoms with Crippen molar-refractivity contribution in [1.82, 2.24) is 25.0 Å². The van der Waals surface area contributed by atoms with E-state index in [1.54, 1.807) is 18.7 Å². The van der Waals surface area contributed by atoms with Crippen molar-refractivity contribution in [2.75, 3.05) is 18.1 Å². The maximum atomic E-state index is 12.0. The fourth-order valence-electron chi connectivity index (χ4n) is 3.80. The first-order valence-electron chi connectivity index (χ1n) is 12.3. The lowest BCUT2D eigenvalue weighted by Crippen LogP contribution is -2.39. The Labute approximate surface area is 223 Å². The Morgan fingerprint density at radius 1 is 0.973 bits per heavy atom. The molecule has 12 nitrogen and oxygen atoms in total. The molecule has 0 unspecified atom stereocenters. The molecular formula is C23H33N5O7S2. The Kier molecular flexibility index (Phi) is 10.9.